The Morgan fingerprint density at radius 2 is 2.28 bits per heavy atom. The van der Waals surface area contributed by atoms with Gasteiger partial charge in [0.05, 0.1) is 6.61 Å². The molecule has 1 heterocycles. The molecule has 0 aliphatic heterocycles. The first-order valence-electron chi connectivity index (χ1n) is 6.08. The van der Waals surface area contributed by atoms with Crippen molar-refractivity contribution in [3.05, 3.63) is 21.9 Å². The molecule has 0 bridgehead atoms. The molecule has 0 radical (unpaired) electrons. The second-order valence-corrected chi connectivity index (χ2v) is 5.85. The van der Waals surface area contributed by atoms with Crippen molar-refractivity contribution < 1.29 is 9.53 Å². The molecule has 0 saturated carbocycles. The highest BCUT2D eigenvalue weighted by atomic mass is 32.1. The second-order valence-electron chi connectivity index (χ2n) is 4.48. The number of ether oxygens (including phenoxy) is 1. The van der Waals surface area contributed by atoms with Gasteiger partial charge in [-0.05, 0) is 26.0 Å². The second kappa shape index (κ2) is 7.38. The van der Waals surface area contributed by atoms with Gasteiger partial charge in [-0.1, -0.05) is 0 Å². The lowest BCUT2D eigenvalue weighted by atomic mass is 10.2. The van der Waals surface area contributed by atoms with Crippen molar-refractivity contribution in [3.8, 4) is 0 Å². The average Bonchev–Trinajstić information content (AvgIpc) is 2.71. The molecule has 0 aromatic carbocycles. The van der Waals surface area contributed by atoms with Crippen LogP contribution in [0.5, 0.6) is 0 Å². The normalized spacial score (nSPS) is 12.2. The summed E-state index contributed by atoms with van der Waals surface area (Å²) in [6.07, 6.45) is 0.877. The van der Waals surface area contributed by atoms with Gasteiger partial charge in [0.15, 0.2) is 0 Å². The quantitative estimate of drug-likeness (QED) is 0.861. The summed E-state index contributed by atoms with van der Waals surface area (Å²) >= 11 is 1.78. The number of likely N-dealkylation sites (N-methyl/N-ethyl adjacent to an activating group) is 1. The van der Waals surface area contributed by atoms with Crippen molar-refractivity contribution in [3.63, 3.8) is 0 Å². The third-order valence-electron chi connectivity index (χ3n) is 2.65. The average molecular weight is 270 g/mol. The lowest BCUT2D eigenvalue weighted by Crippen LogP contribution is -2.43. The highest BCUT2D eigenvalue weighted by molar-refractivity contribution is 7.11. The third kappa shape index (κ3) is 5.06. The van der Waals surface area contributed by atoms with E-state index in [1.165, 1.54) is 9.75 Å². The van der Waals surface area contributed by atoms with Crippen LogP contribution in [0.25, 0.3) is 0 Å². The van der Waals surface area contributed by atoms with Gasteiger partial charge in [0.1, 0.15) is 0 Å². The first kappa shape index (κ1) is 15.0. The molecule has 1 atom stereocenters. The van der Waals surface area contributed by atoms with Gasteiger partial charge in [0, 0.05) is 42.9 Å². The third-order valence-corrected chi connectivity index (χ3v) is 3.67. The highest BCUT2D eigenvalue weighted by Gasteiger charge is 2.12. The van der Waals surface area contributed by atoms with Gasteiger partial charge in [-0.25, -0.2) is 4.79 Å². The molecule has 5 heteroatoms. The van der Waals surface area contributed by atoms with Crippen LogP contribution in [-0.2, 0) is 11.2 Å². The van der Waals surface area contributed by atoms with Gasteiger partial charge >= 0.3 is 6.03 Å². The summed E-state index contributed by atoms with van der Waals surface area (Å²) < 4.78 is 4.95. The fourth-order valence-electron chi connectivity index (χ4n) is 1.60. The van der Waals surface area contributed by atoms with Crippen LogP contribution in [0.4, 0.5) is 4.79 Å². The van der Waals surface area contributed by atoms with E-state index in [0.717, 1.165) is 6.42 Å². The summed E-state index contributed by atoms with van der Waals surface area (Å²) in [5.41, 5.74) is 0. The zero-order valence-electron chi connectivity index (χ0n) is 11.5. The maximum Gasteiger partial charge on any atom is 0.317 e. The monoisotopic (exact) mass is 270 g/mol. The molecule has 0 spiro atoms. The van der Waals surface area contributed by atoms with E-state index >= 15 is 0 Å². The number of thiophene rings is 1. The Bertz CT molecular complexity index is 379. The number of hydrogen-bond donors (Lipinski definition) is 1. The lowest BCUT2D eigenvalue weighted by Gasteiger charge is -2.20. The number of carbonyl (C=O) groups is 1. The van der Waals surface area contributed by atoms with Crippen LogP contribution in [0, 0.1) is 6.92 Å². The molecule has 0 aliphatic rings. The number of methoxy groups -OCH3 is 1. The molecule has 1 aromatic rings. The molecule has 4 nitrogen and oxygen atoms in total. The van der Waals surface area contributed by atoms with Crippen LogP contribution in [0.2, 0.25) is 0 Å². The number of nitrogens with one attached hydrogen (secondary N) is 1. The Hall–Kier alpha value is -1.07. The van der Waals surface area contributed by atoms with Crippen LogP contribution in [-0.4, -0.2) is 44.3 Å². The predicted octanol–water partition coefficient (Wildman–Crippen LogP) is 2.28. The summed E-state index contributed by atoms with van der Waals surface area (Å²) in [5, 5.41) is 2.98. The zero-order valence-corrected chi connectivity index (χ0v) is 12.3. The van der Waals surface area contributed by atoms with Crippen molar-refractivity contribution in [2.24, 2.45) is 0 Å². The fourth-order valence-corrected chi connectivity index (χ4v) is 2.62. The van der Waals surface area contributed by atoms with Gasteiger partial charge in [-0.3, -0.25) is 0 Å². The molecule has 0 saturated heterocycles. The van der Waals surface area contributed by atoms with Crippen molar-refractivity contribution in [2.45, 2.75) is 26.3 Å². The molecule has 18 heavy (non-hydrogen) atoms. The van der Waals surface area contributed by atoms with Crippen molar-refractivity contribution in [1.82, 2.24) is 10.2 Å². The topological polar surface area (TPSA) is 41.6 Å². The molecule has 2 amide bonds. The number of amides is 2. The molecule has 0 aliphatic carbocycles. The van der Waals surface area contributed by atoms with E-state index in [1.54, 1.807) is 30.4 Å². The van der Waals surface area contributed by atoms with E-state index < -0.39 is 0 Å². The van der Waals surface area contributed by atoms with Gasteiger partial charge in [-0.15, -0.1) is 11.3 Å². The minimum atomic E-state index is -0.0483. The highest BCUT2D eigenvalue weighted by Crippen LogP contribution is 2.16. The number of rotatable bonds is 6. The molecule has 0 fully saturated rings. The summed E-state index contributed by atoms with van der Waals surface area (Å²) in [6.45, 7) is 5.28. The van der Waals surface area contributed by atoms with Gasteiger partial charge in [0.2, 0.25) is 0 Å². The van der Waals surface area contributed by atoms with E-state index in [-0.39, 0.29) is 12.1 Å². The van der Waals surface area contributed by atoms with E-state index in [4.69, 9.17) is 4.74 Å². The van der Waals surface area contributed by atoms with E-state index in [2.05, 4.69) is 24.4 Å². The molecule has 1 rings (SSSR count). The largest absolute Gasteiger partial charge is 0.383 e. The van der Waals surface area contributed by atoms with Crippen molar-refractivity contribution in [2.75, 3.05) is 27.3 Å². The number of aryl methyl sites for hydroxylation is 1. The van der Waals surface area contributed by atoms with Gasteiger partial charge in [0.25, 0.3) is 0 Å². The minimum Gasteiger partial charge on any atom is -0.383 e. The Morgan fingerprint density at radius 1 is 1.56 bits per heavy atom. The van der Waals surface area contributed by atoms with Crippen LogP contribution in [0.15, 0.2) is 12.1 Å². The summed E-state index contributed by atoms with van der Waals surface area (Å²) in [6, 6.07) is 4.32. The standard InChI is InChI=1S/C13H22N2O2S/c1-10(9-12-6-5-11(2)18-12)14-13(16)15(3)7-8-17-4/h5-6,10H,7-9H2,1-4H3,(H,14,16)/t10-/m0/s1. The van der Waals surface area contributed by atoms with Gasteiger partial charge < -0.3 is 15.0 Å². The number of hydrogen-bond acceptors (Lipinski definition) is 3. The van der Waals surface area contributed by atoms with Crippen LogP contribution < -0.4 is 5.32 Å². The maximum atomic E-state index is 11.8. The molecule has 0 unspecified atom stereocenters. The lowest BCUT2D eigenvalue weighted by molar-refractivity contribution is 0.158. The SMILES string of the molecule is COCCN(C)C(=O)N[C@@H](C)Cc1ccc(C)s1. The maximum absolute atomic E-state index is 11.8. The molecule has 1 N–H and O–H groups in total. The first-order valence-corrected chi connectivity index (χ1v) is 6.90. The molecular formula is C13H22N2O2S. The van der Waals surface area contributed by atoms with Crippen molar-refractivity contribution >= 4 is 17.4 Å². The molecular weight excluding hydrogens is 248 g/mol. The Labute approximate surface area is 113 Å². The smallest absolute Gasteiger partial charge is 0.317 e. The van der Waals surface area contributed by atoms with Crippen molar-refractivity contribution in [1.29, 1.82) is 0 Å². The Kier molecular flexibility index (Phi) is 6.15. The Morgan fingerprint density at radius 3 is 2.83 bits per heavy atom. The van der Waals surface area contributed by atoms with Crippen LogP contribution in [0.1, 0.15) is 16.7 Å². The Balaban J connectivity index is 2.35. The summed E-state index contributed by atoms with van der Waals surface area (Å²) in [4.78, 5) is 16.1. The first-order chi connectivity index (χ1) is 8.52. The molecule has 1 aromatic heterocycles. The minimum absolute atomic E-state index is 0.0483. The van der Waals surface area contributed by atoms with E-state index in [9.17, 15) is 4.79 Å². The van der Waals surface area contributed by atoms with Crippen LogP contribution >= 0.6 is 11.3 Å². The summed E-state index contributed by atoms with van der Waals surface area (Å²) in [5.74, 6) is 0. The van der Waals surface area contributed by atoms with E-state index in [1.807, 2.05) is 6.92 Å². The number of urea groups is 1. The number of nitrogens with zero attached hydrogens (tertiary/aromatic N) is 1. The zero-order chi connectivity index (χ0) is 13.5. The van der Waals surface area contributed by atoms with Gasteiger partial charge in [-0.2, -0.15) is 0 Å². The van der Waals surface area contributed by atoms with Crippen LogP contribution in [0.3, 0.4) is 0 Å². The fraction of sp³-hybridized carbons (Fsp3) is 0.615. The summed E-state index contributed by atoms with van der Waals surface area (Å²) in [7, 11) is 3.41. The molecule has 102 valence electrons. The predicted molar refractivity (Wildman–Crippen MR) is 75.3 cm³/mol. The van der Waals surface area contributed by atoms with E-state index in [0.29, 0.717) is 13.2 Å². The number of carbonyl (C=O) groups excluding carboxylic acids is 1.